The predicted molar refractivity (Wildman–Crippen MR) is 80.2 cm³/mol. The van der Waals surface area contributed by atoms with Gasteiger partial charge in [-0.3, -0.25) is 4.79 Å². The normalized spacial score (nSPS) is 9.84. The molecule has 0 spiro atoms. The summed E-state index contributed by atoms with van der Waals surface area (Å²) in [7, 11) is 1.67. The van der Waals surface area contributed by atoms with Crippen molar-refractivity contribution >= 4 is 18.3 Å². The Morgan fingerprint density at radius 2 is 1.89 bits per heavy atom. The van der Waals surface area contributed by atoms with Crippen LogP contribution in [-0.2, 0) is 4.74 Å². The smallest absolute Gasteiger partial charge is 0.251 e. The Balaban J connectivity index is 0.00000324. The van der Waals surface area contributed by atoms with Gasteiger partial charge in [-0.05, 0) is 37.1 Å². The number of nitrogens with one attached hydrogen (secondary N) is 2. The van der Waals surface area contributed by atoms with E-state index in [4.69, 9.17) is 4.74 Å². The lowest BCUT2D eigenvalue weighted by Crippen LogP contribution is -2.33. The van der Waals surface area contributed by atoms with E-state index in [9.17, 15) is 4.79 Å². The fraction of sp³-hybridized carbons (Fsp3) is 0.500. The maximum absolute atomic E-state index is 11.8. The van der Waals surface area contributed by atoms with Gasteiger partial charge in [0.1, 0.15) is 0 Å². The minimum absolute atomic E-state index is 0. The summed E-state index contributed by atoms with van der Waals surface area (Å²) >= 11 is 0. The van der Waals surface area contributed by atoms with Crippen molar-refractivity contribution in [2.75, 3.05) is 33.4 Å². The molecule has 0 unspecified atom stereocenters. The first kappa shape index (κ1) is 17.9. The van der Waals surface area contributed by atoms with Crippen molar-refractivity contribution in [3.05, 3.63) is 34.9 Å². The number of carbonyl (C=O) groups excluding carboxylic acids is 1. The molecule has 1 aromatic rings. The number of hydrogen-bond donors (Lipinski definition) is 2. The van der Waals surface area contributed by atoms with E-state index in [1.807, 2.05) is 32.0 Å². The zero-order valence-corrected chi connectivity index (χ0v) is 12.6. The molecule has 108 valence electrons. The third-order valence-corrected chi connectivity index (χ3v) is 2.84. The van der Waals surface area contributed by atoms with Gasteiger partial charge in [-0.1, -0.05) is 6.07 Å². The fourth-order valence-electron chi connectivity index (χ4n) is 1.55. The zero-order chi connectivity index (χ0) is 13.4. The molecule has 0 aliphatic heterocycles. The first-order chi connectivity index (χ1) is 8.65. The van der Waals surface area contributed by atoms with Gasteiger partial charge in [0.25, 0.3) is 5.91 Å². The second-order valence-corrected chi connectivity index (χ2v) is 4.30. The van der Waals surface area contributed by atoms with Crippen LogP contribution in [-0.4, -0.2) is 39.3 Å². The average Bonchev–Trinajstić information content (AvgIpc) is 2.36. The average molecular weight is 287 g/mol. The molecule has 0 heterocycles. The predicted octanol–water partition coefficient (Wildman–Crippen LogP) is 1.69. The lowest BCUT2D eigenvalue weighted by atomic mass is 10.1. The lowest BCUT2D eigenvalue weighted by molar-refractivity contribution is 0.0953. The Labute approximate surface area is 121 Å². The molecule has 4 nitrogen and oxygen atoms in total. The molecule has 0 aliphatic rings. The highest BCUT2D eigenvalue weighted by atomic mass is 35.5. The van der Waals surface area contributed by atoms with Crippen LogP contribution in [0.3, 0.4) is 0 Å². The van der Waals surface area contributed by atoms with E-state index in [0.29, 0.717) is 13.2 Å². The summed E-state index contributed by atoms with van der Waals surface area (Å²) in [5.41, 5.74) is 3.06. The van der Waals surface area contributed by atoms with Crippen molar-refractivity contribution in [2.24, 2.45) is 0 Å². The number of amides is 1. The third kappa shape index (κ3) is 6.57. The van der Waals surface area contributed by atoms with Gasteiger partial charge in [-0.15, -0.1) is 12.4 Å². The second-order valence-electron chi connectivity index (χ2n) is 4.30. The molecule has 0 bridgehead atoms. The highest BCUT2D eigenvalue weighted by molar-refractivity contribution is 5.94. The van der Waals surface area contributed by atoms with Crippen LogP contribution in [0, 0.1) is 13.8 Å². The zero-order valence-electron chi connectivity index (χ0n) is 11.8. The summed E-state index contributed by atoms with van der Waals surface area (Å²) in [5, 5.41) is 6.05. The quantitative estimate of drug-likeness (QED) is 0.750. The standard InChI is InChI=1S/C14H22N2O2.ClH/c1-11-4-5-13(10-12(11)2)14(17)16-7-6-15-8-9-18-3;/h4-5,10,15H,6-9H2,1-3H3,(H,16,17);1H. The second kappa shape index (κ2) is 9.78. The molecule has 1 aromatic carbocycles. The van der Waals surface area contributed by atoms with Crippen LogP contribution in [0.1, 0.15) is 21.5 Å². The number of rotatable bonds is 7. The van der Waals surface area contributed by atoms with Gasteiger partial charge in [0, 0.05) is 32.3 Å². The number of aryl methyl sites for hydroxylation is 2. The van der Waals surface area contributed by atoms with Crippen molar-refractivity contribution < 1.29 is 9.53 Å². The number of ether oxygens (including phenoxy) is 1. The van der Waals surface area contributed by atoms with Crippen LogP contribution in [0.5, 0.6) is 0 Å². The first-order valence-electron chi connectivity index (χ1n) is 6.20. The number of halogens is 1. The SMILES string of the molecule is COCCNCCNC(=O)c1ccc(C)c(C)c1.Cl. The summed E-state index contributed by atoms with van der Waals surface area (Å²) in [4.78, 5) is 11.8. The Morgan fingerprint density at radius 3 is 2.53 bits per heavy atom. The third-order valence-electron chi connectivity index (χ3n) is 2.84. The van der Waals surface area contributed by atoms with E-state index < -0.39 is 0 Å². The molecular weight excluding hydrogens is 264 g/mol. The fourth-order valence-corrected chi connectivity index (χ4v) is 1.55. The molecule has 2 N–H and O–H groups in total. The first-order valence-corrected chi connectivity index (χ1v) is 6.20. The van der Waals surface area contributed by atoms with Crippen LogP contribution in [0.15, 0.2) is 18.2 Å². The molecule has 1 rings (SSSR count). The van der Waals surface area contributed by atoms with Gasteiger partial charge < -0.3 is 15.4 Å². The molecule has 0 radical (unpaired) electrons. The molecule has 0 saturated carbocycles. The highest BCUT2D eigenvalue weighted by Crippen LogP contribution is 2.09. The Kier molecular flexibility index (Phi) is 9.21. The van der Waals surface area contributed by atoms with E-state index in [1.54, 1.807) is 7.11 Å². The summed E-state index contributed by atoms with van der Waals surface area (Å²) in [5.74, 6) is -0.0216. The van der Waals surface area contributed by atoms with Crippen LogP contribution in [0.2, 0.25) is 0 Å². The molecule has 19 heavy (non-hydrogen) atoms. The highest BCUT2D eigenvalue weighted by Gasteiger charge is 2.05. The van der Waals surface area contributed by atoms with Crippen molar-refractivity contribution in [2.45, 2.75) is 13.8 Å². The van der Waals surface area contributed by atoms with E-state index in [0.717, 1.165) is 24.2 Å². The summed E-state index contributed by atoms with van der Waals surface area (Å²) in [6, 6.07) is 5.75. The minimum atomic E-state index is -0.0216. The monoisotopic (exact) mass is 286 g/mol. The van der Waals surface area contributed by atoms with E-state index in [-0.39, 0.29) is 18.3 Å². The molecule has 5 heteroatoms. The minimum Gasteiger partial charge on any atom is -0.383 e. The summed E-state index contributed by atoms with van der Waals surface area (Å²) in [6.45, 7) is 6.91. The van der Waals surface area contributed by atoms with E-state index >= 15 is 0 Å². The number of hydrogen-bond acceptors (Lipinski definition) is 3. The summed E-state index contributed by atoms with van der Waals surface area (Å²) < 4.78 is 4.91. The van der Waals surface area contributed by atoms with Crippen LogP contribution in [0.4, 0.5) is 0 Å². The molecule has 0 aliphatic carbocycles. The number of benzene rings is 1. The van der Waals surface area contributed by atoms with Crippen molar-refractivity contribution in [1.82, 2.24) is 10.6 Å². The van der Waals surface area contributed by atoms with Gasteiger partial charge in [0.15, 0.2) is 0 Å². The van der Waals surface area contributed by atoms with E-state index in [2.05, 4.69) is 10.6 Å². The Morgan fingerprint density at radius 1 is 1.16 bits per heavy atom. The van der Waals surface area contributed by atoms with Crippen molar-refractivity contribution in [3.63, 3.8) is 0 Å². The van der Waals surface area contributed by atoms with Crippen molar-refractivity contribution in [1.29, 1.82) is 0 Å². The largest absolute Gasteiger partial charge is 0.383 e. The van der Waals surface area contributed by atoms with Gasteiger partial charge >= 0.3 is 0 Å². The van der Waals surface area contributed by atoms with Gasteiger partial charge in [0.05, 0.1) is 6.61 Å². The van der Waals surface area contributed by atoms with Crippen LogP contribution >= 0.6 is 12.4 Å². The maximum Gasteiger partial charge on any atom is 0.251 e. The van der Waals surface area contributed by atoms with E-state index in [1.165, 1.54) is 5.56 Å². The molecule has 0 atom stereocenters. The molecule has 0 aromatic heterocycles. The van der Waals surface area contributed by atoms with Gasteiger partial charge in [-0.25, -0.2) is 0 Å². The van der Waals surface area contributed by atoms with Crippen LogP contribution < -0.4 is 10.6 Å². The molecular formula is C14H23ClN2O2. The topological polar surface area (TPSA) is 50.4 Å². The molecule has 0 saturated heterocycles. The Hall–Kier alpha value is -1.10. The van der Waals surface area contributed by atoms with Crippen LogP contribution in [0.25, 0.3) is 0 Å². The van der Waals surface area contributed by atoms with Gasteiger partial charge in [0.2, 0.25) is 0 Å². The van der Waals surface area contributed by atoms with Gasteiger partial charge in [-0.2, -0.15) is 0 Å². The van der Waals surface area contributed by atoms with Crippen molar-refractivity contribution in [3.8, 4) is 0 Å². The molecule has 1 amide bonds. The number of carbonyl (C=O) groups is 1. The molecule has 0 fully saturated rings. The lowest BCUT2D eigenvalue weighted by Gasteiger charge is -2.08. The number of methoxy groups -OCH3 is 1. The maximum atomic E-state index is 11.8. The summed E-state index contributed by atoms with van der Waals surface area (Å²) in [6.07, 6.45) is 0. The Bertz CT molecular complexity index is 397.